The molecule has 3 nitrogen and oxygen atoms in total. The summed E-state index contributed by atoms with van der Waals surface area (Å²) in [7, 11) is 0. The van der Waals surface area contributed by atoms with Crippen LogP contribution in [0.3, 0.4) is 0 Å². The van der Waals surface area contributed by atoms with Crippen LogP contribution in [0.4, 0.5) is 0 Å². The lowest BCUT2D eigenvalue weighted by Crippen LogP contribution is -2.24. The molecule has 2 aromatic carbocycles. The fourth-order valence-electron chi connectivity index (χ4n) is 3.93. The Morgan fingerprint density at radius 2 is 1.70 bits per heavy atom. The number of ether oxygens (including phenoxy) is 1. The zero-order valence-electron chi connectivity index (χ0n) is 15.7. The maximum atomic E-state index is 9.79. The maximum absolute atomic E-state index is 9.79. The number of benzene rings is 2. The Bertz CT molecular complexity index is 1170. The van der Waals surface area contributed by atoms with Crippen LogP contribution in [0.5, 0.6) is 0 Å². The topological polar surface area (TPSA) is 59.0 Å². The standard InChI is InChI=1S/C23H16Cl4N2O/c24-14-5-4-12(19(26)9-14)8-13-2-1-3-17-21(16-7-6-15(25)10-20(16)27)18(11-28)23(29)30-22(13)17/h4-10,21H,1-3,29H2. The van der Waals surface area contributed by atoms with Gasteiger partial charge < -0.3 is 10.5 Å². The molecule has 2 aromatic rings. The van der Waals surface area contributed by atoms with Gasteiger partial charge in [-0.05, 0) is 71.9 Å². The third-order valence-corrected chi connectivity index (χ3v) is 6.40. The molecule has 0 radical (unpaired) electrons. The van der Waals surface area contributed by atoms with Gasteiger partial charge in [-0.1, -0.05) is 58.5 Å². The van der Waals surface area contributed by atoms with Gasteiger partial charge in [-0.3, -0.25) is 0 Å². The van der Waals surface area contributed by atoms with Gasteiger partial charge in [-0.2, -0.15) is 5.26 Å². The molecule has 4 rings (SSSR count). The molecule has 2 N–H and O–H groups in total. The SMILES string of the molecule is N#CC1=C(N)OC2=C(CCCC2=Cc2ccc(Cl)cc2Cl)C1c1ccc(Cl)cc1Cl. The van der Waals surface area contributed by atoms with E-state index in [2.05, 4.69) is 6.07 Å². The average molecular weight is 478 g/mol. The van der Waals surface area contributed by atoms with Gasteiger partial charge in [0.1, 0.15) is 17.4 Å². The molecule has 30 heavy (non-hydrogen) atoms. The lowest BCUT2D eigenvalue weighted by molar-refractivity contribution is 0.277. The van der Waals surface area contributed by atoms with Crippen LogP contribution in [0.25, 0.3) is 6.08 Å². The van der Waals surface area contributed by atoms with Gasteiger partial charge in [0.2, 0.25) is 5.88 Å². The number of rotatable bonds is 2. The van der Waals surface area contributed by atoms with Crippen molar-refractivity contribution in [2.75, 3.05) is 0 Å². The van der Waals surface area contributed by atoms with Gasteiger partial charge in [-0.15, -0.1) is 0 Å². The van der Waals surface area contributed by atoms with E-state index in [4.69, 9.17) is 56.9 Å². The highest BCUT2D eigenvalue weighted by molar-refractivity contribution is 6.36. The van der Waals surface area contributed by atoms with Crippen molar-refractivity contribution in [1.82, 2.24) is 0 Å². The minimum absolute atomic E-state index is 0.0854. The lowest BCUT2D eigenvalue weighted by Gasteiger charge is -2.33. The fraction of sp³-hybridized carbons (Fsp3) is 0.174. The highest BCUT2D eigenvalue weighted by Crippen LogP contribution is 2.48. The minimum Gasteiger partial charge on any atom is -0.440 e. The summed E-state index contributed by atoms with van der Waals surface area (Å²) in [5.74, 6) is 0.384. The van der Waals surface area contributed by atoms with Crippen molar-refractivity contribution in [2.24, 2.45) is 5.73 Å². The monoisotopic (exact) mass is 476 g/mol. The number of nitrogens with zero attached hydrogens (tertiary/aromatic N) is 1. The number of hydrogen-bond acceptors (Lipinski definition) is 3. The predicted octanol–water partition coefficient (Wildman–Crippen LogP) is 7.63. The van der Waals surface area contributed by atoms with E-state index in [1.54, 1.807) is 24.3 Å². The molecule has 0 saturated carbocycles. The molecule has 2 aliphatic rings. The second kappa shape index (κ2) is 8.57. The third-order valence-electron chi connectivity index (χ3n) is 5.28. The molecule has 1 atom stereocenters. The number of hydrogen-bond donors (Lipinski definition) is 1. The number of halogens is 4. The summed E-state index contributed by atoms with van der Waals surface area (Å²) in [6.45, 7) is 0. The number of allylic oxidation sites excluding steroid dienone is 3. The molecule has 7 heteroatoms. The van der Waals surface area contributed by atoms with Crippen LogP contribution in [0.2, 0.25) is 20.1 Å². The first kappa shape index (κ1) is 21.2. The fourth-order valence-corrected chi connectivity index (χ4v) is 4.91. The van der Waals surface area contributed by atoms with Crippen LogP contribution in [-0.4, -0.2) is 0 Å². The van der Waals surface area contributed by atoms with E-state index in [-0.39, 0.29) is 11.8 Å². The molecule has 0 amide bonds. The first-order chi connectivity index (χ1) is 14.4. The van der Waals surface area contributed by atoms with E-state index >= 15 is 0 Å². The summed E-state index contributed by atoms with van der Waals surface area (Å²) >= 11 is 25.0. The van der Waals surface area contributed by atoms with Crippen LogP contribution in [-0.2, 0) is 4.74 Å². The molecule has 1 aliphatic heterocycles. The number of nitrogens with two attached hydrogens (primary N) is 1. The van der Waals surface area contributed by atoms with Crippen LogP contribution in [0.1, 0.15) is 36.3 Å². The Balaban J connectivity index is 1.87. The second-order valence-corrected chi connectivity index (χ2v) is 8.82. The third kappa shape index (κ3) is 3.94. The minimum atomic E-state index is -0.382. The molecule has 0 spiro atoms. The molecule has 1 heterocycles. The molecular weight excluding hydrogens is 462 g/mol. The van der Waals surface area contributed by atoms with Crippen LogP contribution >= 0.6 is 46.4 Å². The summed E-state index contributed by atoms with van der Waals surface area (Å²) in [6, 6.07) is 12.8. The molecule has 0 aromatic heterocycles. The molecule has 1 unspecified atom stereocenters. The smallest absolute Gasteiger partial charge is 0.205 e. The van der Waals surface area contributed by atoms with Gasteiger partial charge in [0.25, 0.3) is 0 Å². The van der Waals surface area contributed by atoms with E-state index in [0.717, 1.165) is 41.5 Å². The molecule has 0 bridgehead atoms. The van der Waals surface area contributed by atoms with E-state index in [1.165, 1.54) is 0 Å². The van der Waals surface area contributed by atoms with Crippen molar-refractivity contribution in [1.29, 1.82) is 5.26 Å². The first-order valence-electron chi connectivity index (χ1n) is 9.30. The van der Waals surface area contributed by atoms with E-state index in [0.29, 0.717) is 31.4 Å². The quantitative estimate of drug-likeness (QED) is 0.483. The summed E-state index contributed by atoms with van der Waals surface area (Å²) in [5, 5.41) is 11.9. The van der Waals surface area contributed by atoms with Gasteiger partial charge in [0.15, 0.2) is 0 Å². The zero-order chi connectivity index (χ0) is 21.4. The van der Waals surface area contributed by atoms with Crippen molar-refractivity contribution in [3.8, 4) is 6.07 Å². The highest BCUT2D eigenvalue weighted by atomic mass is 35.5. The Morgan fingerprint density at radius 3 is 2.37 bits per heavy atom. The van der Waals surface area contributed by atoms with Crippen molar-refractivity contribution >= 4 is 52.5 Å². The predicted molar refractivity (Wildman–Crippen MR) is 122 cm³/mol. The zero-order valence-corrected chi connectivity index (χ0v) is 18.7. The van der Waals surface area contributed by atoms with Crippen LogP contribution < -0.4 is 5.73 Å². The lowest BCUT2D eigenvalue weighted by atomic mass is 9.77. The van der Waals surface area contributed by atoms with Crippen molar-refractivity contribution in [2.45, 2.75) is 25.2 Å². The van der Waals surface area contributed by atoms with E-state index < -0.39 is 0 Å². The van der Waals surface area contributed by atoms with Crippen molar-refractivity contribution in [3.63, 3.8) is 0 Å². The normalized spacial score (nSPS) is 20.1. The van der Waals surface area contributed by atoms with Crippen molar-refractivity contribution in [3.05, 3.63) is 96.0 Å². The van der Waals surface area contributed by atoms with Gasteiger partial charge in [0, 0.05) is 20.1 Å². The summed E-state index contributed by atoms with van der Waals surface area (Å²) in [6.07, 6.45) is 4.45. The molecule has 1 aliphatic carbocycles. The first-order valence-corrected chi connectivity index (χ1v) is 10.8. The van der Waals surface area contributed by atoms with Crippen LogP contribution in [0, 0.1) is 11.3 Å². The Hall–Kier alpha value is -2.09. The average Bonchev–Trinajstić information content (AvgIpc) is 2.70. The van der Waals surface area contributed by atoms with E-state index in [1.807, 2.05) is 18.2 Å². The Morgan fingerprint density at radius 1 is 1.00 bits per heavy atom. The molecule has 152 valence electrons. The summed E-state index contributed by atoms with van der Waals surface area (Å²) in [5.41, 5.74) is 10.1. The van der Waals surface area contributed by atoms with E-state index in [9.17, 15) is 5.26 Å². The second-order valence-electron chi connectivity index (χ2n) is 7.13. The Kier molecular flexibility index (Phi) is 6.04. The van der Waals surface area contributed by atoms with Crippen molar-refractivity contribution < 1.29 is 4.74 Å². The highest BCUT2D eigenvalue weighted by Gasteiger charge is 2.36. The Labute approximate surface area is 194 Å². The molecule has 0 saturated heterocycles. The van der Waals surface area contributed by atoms with Gasteiger partial charge in [-0.25, -0.2) is 0 Å². The molecule has 0 fully saturated rings. The summed E-state index contributed by atoms with van der Waals surface area (Å²) in [4.78, 5) is 0. The largest absolute Gasteiger partial charge is 0.440 e. The maximum Gasteiger partial charge on any atom is 0.205 e. The number of nitriles is 1. The molecular formula is C23H16Cl4N2O. The summed E-state index contributed by atoms with van der Waals surface area (Å²) < 4.78 is 5.97. The van der Waals surface area contributed by atoms with Crippen LogP contribution in [0.15, 0.2) is 64.8 Å². The van der Waals surface area contributed by atoms with Gasteiger partial charge in [0.05, 0.1) is 5.92 Å². The van der Waals surface area contributed by atoms with Gasteiger partial charge >= 0.3 is 0 Å².